The van der Waals surface area contributed by atoms with Crippen LogP contribution in [0.5, 0.6) is 0 Å². The molecule has 1 aromatic heterocycles. The number of para-hydroxylation sites is 1. The lowest BCUT2D eigenvalue weighted by Gasteiger charge is -2.44. The molecular formula is C19H22N2O. The zero-order chi connectivity index (χ0) is 14.9. The summed E-state index contributed by atoms with van der Waals surface area (Å²) in [5, 5.41) is 1.09. The van der Waals surface area contributed by atoms with Crippen molar-refractivity contribution in [3.63, 3.8) is 0 Å². The van der Waals surface area contributed by atoms with Crippen molar-refractivity contribution in [1.82, 2.24) is 9.88 Å². The first-order valence-electron chi connectivity index (χ1n) is 8.50. The molecular weight excluding hydrogens is 272 g/mol. The summed E-state index contributed by atoms with van der Waals surface area (Å²) in [6.07, 6.45) is 7.48. The van der Waals surface area contributed by atoms with Crippen molar-refractivity contribution in [3.8, 4) is 0 Å². The minimum atomic E-state index is 0.127. The molecule has 114 valence electrons. The summed E-state index contributed by atoms with van der Waals surface area (Å²) in [6.45, 7) is 0.897. The normalized spacial score (nSPS) is 25.0. The van der Waals surface area contributed by atoms with Gasteiger partial charge in [0.1, 0.15) is 5.69 Å². The van der Waals surface area contributed by atoms with Crippen LogP contribution >= 0.6 is 0 Å². The van der Waals surface area contributed by atoms with Gasteiger partial charge >= 0.3 is 0 Å². The van der Waals surface area contributed by atoms with Crippen LogP contribution in [0.25, 0.3) is 10.9 Å². The van der Waals surface area contributed by atoms with E-state index in [4.69, 9.17) is 0 Å². The Kier molecular flexibility index (Phi) is 3.57. The number of piperidine rings is 1. The van der Waals surface area contributed by atoms with E-state index in [-0.39, 0.29) is 5.91 Å². The fraction of sp³-hybridized carbons (Fsp3) is 0.474. The van der Waals surface area contributed by atoms with Gasteiger partial charge in [0.15, 0.2) is 0 Å². The lowest BCUT2D eigenvalue weighted by Crippen LogP contribution is -2.49. The van der Waals surface area contributed by atoms with E-state index in [1.165, 1.54) is 32.1 Å². The zero-order valence-electron chi connectivity index (χ0n) is 12.9. The van der Waals surface area contributed by atoms with Crippen molar-refractivity contribution in [1.29, 1.82) is 0 Å². The highest BCUT2D eigenvalue weighted by molar-refractivity contribution is 5.95. The Labute approximate surface area is 131 Å². The highest BCUT2D eigenvalue weighted by Gasteiger charge is 2.36. The number of amides is 1. The summed E-state index contributed by atoms with van der Waals surface area (Å²) in [7, 11) is 0. The molecule has 1 aromatic carbocycles. The average Bonchev–Trinajstić information content (AvgIpc) is 2.60. The predicted octanol–water partition coefficient (Wildman–Crippen LogP) is 4.03. The number of rotatable bonds is 1. The van der Waals surface area contributed by atoms with E-state index >= 15 is 0 Å². The molecule has 1 aliphatic heterocycles. The molecule has 0 N–H and O–H groups in total. The lowest BCUT2D eigenvalue weighted by molar-refractivity contribution is 0.0385. The Morgan fingerprint density at radius 3 is 2.77 bits per heavy atom. The van der Waals surface area contributed by atoms with E-state index < -0.39 is 0 Å². The third-order valence-electron chi connectivity index (χ3n) is 5.32. The van der Waals surface area contributed by atoms with Gasteiger partial charge in [-0.1, -0.05) is 37.1 Å². The van der Waals surface area contributed by atoms with Crippen molar-refractivity contribution < 1.29 is 4.79 Å². The van der Waals surface area contributed by atoms with Crippen LogP contribution < -0.4 is 0 Å². The second-order valence-electron chi connectivity index (χ2n) is 6.64. The molecule has 0 unspecified atom stereocenters. The van der Waals surface area contributed by atoms with E-state index in [9.17, 15) is 4.79 Å². The Hall–Kier alpha value is -1.90. The van der Waals surface area contributed by atoms with Crippen molar-refractivity contribution in [3.05, 3.63) is 42.1 Å². The van der Waals surface area contributed by atoms with Gasteiger partial charge in [0.25, 0.3) is 5.91 Å². The van der Waals surface area contributed by atoms with Crippen molar-refractivity contribution >= 4 is 16.8 Å². The molecule has 2 aliphatic rings. The molecule has 0 radical (unpaired) electrons. The van der Waals surface area contributed by atoms with E-state index in [0.29, 0.717) is 17.7 Å². The summed E-state index contributed by atoms with van der Waals surface area (Å²) in [5.41, 5.74) is 1.51. The van der Waals surface area contributed by atoms with Gasteiger partial charge in [0, 0.05) is 18.0 Å². The van der Waals surface area contributed by atoms with Crippen LogP contribution in [0.2, 0.25) is 0 Å². The van der Waals surface area contributed by atoms with E-state index in [0.717, 1.165) is 23.9 Å². The molecule has 1 amide bonds. The molecule has 2 atom stereocenters. The number of likely N-dealkylation sites (tertiary alicyclic amines) is 1. The first kappa shape index (κ1) is 13.7. The molecule has 1 saturated heterocycles. The maximum absolute atomic E-state index is 13.0. The third-order valence-corrected chi connectivity index (χ3v) is 5.32. The second kappa shape index (κ2) is 5.71. The monoisotopic (exact) mass is 294 g/mol. The second-order valence-corrected chi connectivity index (χ2v) is 6.64. The van der Waals surface area contributed by atoms with Gasteiger partial charge in [0.2, 0.25) is 0 Å². The van der Waals surface area contributed by atoms with Crippen LogP contribution in [0.15, 0.2) is 36.4 Å². The molecule has 3 heteroatoms. The SMILES string of the molecule is O=C(c1ccc2ccccc2n1)N1CCC[C@@H]2CCCC[C@@H]21. The van der Waals surface area contributed by atoms with Crippen LogP contribution in [-0.4, -0.2) is 28.4 Å². The first-order valence-corrected chi connectivity index (χ1v) is 8.50. The number of hydrogen-bond donors (Lipinski definition) is 0. The maximum Gasteiger partial charge on any atom is 0.272 e. The number of nitrogens with zero attached hydrogens (tertiary/aromatic N) is 2. The number of aromatic nitrogens is 1. The number of pyridine rings is 1. The molecule has 1 aliphatic carbocycles. The summed E-state index contributed by atoms with van der Waals surface area (Å²) in [4.78, 5) is 19.7. The highest BCUT2D eigenvalue weighted by Crippen LogP contribution is 2.35. The summed E-state index contributed by atoms with van der Waals surface area (Å²) in [5.74, 6) is 0.842. The first-order chi connectivity index (χ1) is 10.8. The Balaban J connectivity index is 1.64. The largest absolute Gasteiger partial charge is 0.334 e. The molecule has 0 bridgehead atoms. The zero-order valence-corrected chi connectivity index (χ0v) is 12.9. The van der Waals surface area contributed by atoms with Gasteiger partial charge in [0.05, 0.1) is 5.52 Å². The minimum absolute atomic E-state index is 0.127. The van der Waals surface area contributed by atoms with Gasteiger partial charge in [-0.25, -0.2) is 4.98 Å². The lowest BCUT2D eigenvalue weighted by atomic mass is 9.78. The van der Waals surface area contributed by atoms with Crippen molar-refractivity contribution in [2.45, 2.75) is 44.6 Å². The fourth-order valence-corrected chi connectivity index (χ4v) is 4.21. The number of hydrogen-bond acceptors (Lipinski definition) is 2. The summed E-state index contributed by atoms with van der Waals surface area (Å²) >= 11 is 0. The topological polar surface area (TPSA) is 33.2 Å². The molecule has 2 fully saturated rings. The summed E-state index contributed by atoms with van der Waals surface area (Å²) in [6, 6.07) is 12.3. The van der Waals surface area contributed by atoms with Gasteiger partial charge in [-0.15, -0.1) is 0 Å². The Morgan fingerprint density at radius 1 is 1.00 bits per heavy atom. The van der Waals surface area contributed by atoms with Gasteiger partial charge in [-0.2, -0.15) is 0 Å². The Bertz CT molecular complexity index is 695. The van der Waals surface area contributed by atoms with Gasteiger partial charge < -0.3 is 4.90 Å². The highest BCUT2D eigenvalue weighted by atomic mass is 16.2. The third kappa shape index (κ3) is 2.39. The van der Waals surface area contributed by atoms with E-state index in [1.807, 2.05) is 36.4 Å². The van der Waals surface area contributed by atoms with Crippen LogP contribution in [0.4, 0.5) is 0 Å². The Morgan fingerprint density at radius 2 is 1.82 bits per heavy atom. The smallest absolute Gasteiger partial charge is 0.272 e. The maximum atomic E-state index is 13.0. The molecule has 4 rings (SSSR count). The molecule has 1 saturated carbocycles. The average molecular weight is 294 g/mol. The standard InChI is InChI=1S/C19H22N2O/c22-19(17-12-11-14-6-1-3-9-16(14)20-17)21-13-5-8-15-7-2-4-10-18(15)21/h1,3,6,9,11-12,15,18H,2,4-5,7-8,10,13H2/t15-,18-/m0/s1. The molecule has 0 spiro atoms. The quantitative estimate of drug-likeness (QED) is 0.795. The van der Waals surface area contributed by atoms with Crippen LogP contribution in [0.1, 0.15) is 49.0 Å². The number of carbonyl (C=O) groups is 1. The fourth-order valence-electron chi connectivity index (χ4n) is 4.21. The number of benzene rings is 1. The summed E-state index contributed by atoms with van der Waals surface area (Å²) < 4.78 is 0. The number of carbonyl (C=O) groups excluding carboxylic acids is 1. The van der Waals surface area contributed by atoms with E-state index in [2.05, 4.69) is 9.88 Å². The molecule has 2 aromatic rings. The van der Waals surface area contributed by atoms with E-state index in [1.54, 1.807) is 0 Å². The molecule has 22 heavy (non-hydrogen) atoms. The predicted molar refractivity (Wildman–Crippen MR) is 87.8 cm³/mol. The van der Waals surface area contributed by atoms with Crippen LogP contribution in [-0.2, 0) is 0 Å². The van der Waals surface area contributed by atoms with Gasteiger partial charge in [-0.05, 0) is 43.7 Å². The van der Waals surface area contributed by atoms with Crippen LogP contribution in [0.3, 0.4) is 0 Å². The molecule has 2 heterocycles. The van der Waals surface area contributed by atoms with Crippen LogP contribution in [0, 0.1) is 5.92 Å². The van der Waals surface area contributed by atoms with Crippen molar-refractivity contribution in [2.24, 2.45) is 5.92 Å². The number of fused-ring (bicyclic) bond motifs is 2. The molecule has 3 nitrogen and oxygen atoms in total. The van der Waals surface area contributed by atoms with Crippen molar-refractivity contribution in [2.75, 3.05) is 6.54 Å². The minimum Gasteiger partial charge on any atom is -0.334 e. The van der Waals surface area contributed by atoms with Gasteiger partial charge in [-0.3, -0.25) is 4.79 Å².